The normalized spacial score (nSPS) is 10.2. The molecule has 0 radical (unpaired) electrons. The third-order valence-corrected chi connectivity index (χ3v) is 4.08. The molecule has 6 heteroatoms. The van der Waals surface area contributed by atoms with Crippen molar-refractivity contribution in [3.05, 3.63) is 95.1 Å². The molecule has 0 aliphatic heterocycles. The molecule has 0 atom stereocenters. The minimum Gasteiger partial charge on any atom is -0.478 e. The Hall–Kier alpha value is -3.93. The summed E-state index contributed by atoms with van der Waals surface area (Å²) in [6.45, 7) is 1.91. The Balaban J connectivity index is 1.69. The zero-order chi connectivity index (χ0) is 20.1. The highest BCUT2D eigenvalue weighted by Crippen LogP contribution is 2.17. The Morgan fingerprint density at radius 3 is 1.86 bits per heavy atom. The number of rotatable bonds is 5. The number of aromatic carboxylic acids is 1. The fourth-order valence-corrected chi connectivity index (χ4v) is 2.69. The third-order valence-electron chi connectivity index (χ3n) is 4.08. The molecule has 0 aliphatic rings. The highest BCUT2D eigenvalue weighted by Gasteiger charge is 2.15. The molecule has 3 aromatic rings. The number of hydrogen-bond donors (Lipinski definition) is 3. The molecule has 6 nitrogen and oxygen atoms in total. The number of carbonyl (C=O) groups is 3. The molecule has 0 saturated carbocycles. The lowest BCUT2D eigenvalue weighted by Crippen LogP contribution is -2.16. The van der Waals surface area contributed by atoms with E-state index < -0.39 is 11.9 Å². The van der Waals surface area contributed by atoms with Crippen LogP contribution in [0.2, 0.25) is 0 Å². The van der Waals surface area contributed by atoms with Gasteiger partial charge in [0.2, 0.25) is 0 Å². The van der Waals surface area contributed by atoms with Gasteiger partial charge in [-0.2, -0.15) is 0 Å². The maximum absolute atomic E-state index is 12.4. The second-order valence-electron chi connectivity index (χ2n) is 6.21. The van der Waals surface area contributed by atoms with Crippen LogP contribution in [0.25, 0.3) is 0 Å². The Morgan fingerprint density at radius 1 is 0.714 bits per heavy atom. The summed E-state index contributed by atoms with van der Waals surface area (Å²) in [5.74, 6) is -1.91. The van der Waals surface area contributed by atoms with E-state index in [4.69, 9.17) is 0 Å². The molecular formula is C22H18N2O4. The Morgan fingerprint density at radius 2 is 1.29 bits per heavy atom. The van der Waals surface area contributed by atoms with Crippen molar-refractivity contribution >= 4 is 29.2 Å². The van der Waals surface area contributed by atoms with Crippen LogP contribution in [0, 0.1) is 6.92 Å². The van der Waals surface area contributed by atoms with Crippen molar-refractivity contribution in [2.75, 3.05) is 10.6 Å². The number of hydrogen-bond acceptors (Lipinski definition) is 3. The van der Waals surface area contributed by atoms with Crippen LogP contribution >= 0.6 is 0 Å². The van der Waals surface area contributed by atoms with E-state index in [0.29, 0.717) is 16.9 Å². The standard InChI is InChI=1S/C22H18N2O4/c1-14-5-4-6-15(13-14)20(25)23-16-9-11-17(12-10-16)24-21(26)18-7-2-3-8-19(18)22(27)28/h2-13H,1H3,(H,23,25)(H,24,26)(H,27,28). The van der Waals surface area contributed by atoms with Crippen LogP contribution in [0.5, 0.6) is 0 Å². The van der Waals surface area contributed by atoms with Gasteiger partial charge in [-0.3, -0.25) is 9.59 Å². The van der Waals surface area contributed by atoms with Crippen molar-refractivity contribution in [2.24, 2.45) is 0 Å². The van der Waals surface area contributed by atoms with Gasteiger partial charge < -0.3 is 15.7 Å². The fourth-order valence-electron chi connectivity index (χ4n) is 2.69. The number of carboxylic acid groups (broad SMARTS) is 1. The summed E-state index contributed by atoms with van der Waals surface area (Å²) in [5, 5.41) is 14.6. The summed E-state index contributed by atoms with van der Waals surface area (Å²) >= 11 is 0. The average Bonchev–Trinajstić information content (AvgIpc) is 2.69. The lowest BCUT2D eigenvalue weighted by atomic mass is 10.1. The molecule has 0 saturated heterocycles. The first kappa shape index (κ1) is 18.8. The second-order valence-corrected chi connectivity index (χ2v) is 6.21. The number of carboxylic acids is 1. The van der Waals surface area contributed by atoms with Crippen molar-refractivity contribution < 1.29 is 19.5 Å². The zero-order valence-electron chi connectivity index (χ0n) is 15.1. The van der Waals surface area contributed by atoms with Gasteiger partial charge in [0.1, 0.15) is 0 Å². The van der Waals surface area contributed by atoms with E-state index in [1.165, 1.54) is 12.1 Å². The van der Waals surface area contributed by atoms with Crippen molar-refractivity contribution in [3.63, 3.8) is 0 Å². The Kier molecular flexibility index (Phi) is 5.50. The largest absolute Gasteiger partial charge is 0.478 e. The van der Waals surface area contributed by atoms with Crippen LogP contribution in [0.15, 0.2) is 72.8 Å². The predicted molar refractivity (Wildman–Crippen MR) is 107 cm³/mol. The van der Waals surface area contributed by atoms with Crippen LogP contribution in [0.3, 0.4) is 0 Å². The van der Waals surface area contributed by atoms with Gasteiger partial charge >= 0.3 is 5.97 Å². The summed E-state index contributed by atoms with van der Waals surface area (Å²) in [6, 6.07) is 19.8. The van der Waals surface area contributed by atoms with E-state index in [1.54, 1.807) is 48.5 Å². The summed E-state index contributed by atoms with van der Waals surface area (Å²) in [7, 11) is 0. The lowest BCUT2D eigenvalue weighted by molar-refractivity contribution is 0.0692. The highest BCUT2D eigenvalue weighted by atomic mass is 16.4. The summed E-state index contributed by atoms with van der Waals surface area (Å²) in [5.41, 5.74) is 2.62. The van der Waals surface area contributed by atoms with Gasteiger partial charge in [0, 0.05) is 16.9 Å². The van der Waals surface area contributed by atoms with Gasteiger partial charge in [0.15, 0.2) is 0 Å². The SMILES string of the molecule is Cc1cccc(C(=O)Nc2ccc(NC(=O)c3ccccc3C(=O)O)cc2)c1. The summed E-state index contributed by atoms with van der Waals surface area (Å²) in [6.07, 6.45) is 0. The van der Waals surface area contributed by atoms with Crippen LogP contribution in [0.1, 0.15) is 36.6 Å². The van der Waals surface area contributed by atoms with E-state index in [2.05, 4.69) is 10.6 Å². The molecule has 28 heavy (non-hydrogen) atoms. The number of amides is 2. The van der Waals surface area contributed by atoms with Gasteiger partial charge in [0.05, 0.1) is 11.1 Å². The predicted octanol–water partition coefficient (Wildman–Crippen LogP) is 4.20. The molecule has 140 valence electrons. The maximum atomic E-state index is 12.4. The van der Waals surface area contributed by atoms with Crippen molar-refractivity contribution in [2.45, 2.75) is 6.92 Å². The van der Waals surface area contributed by atoms with Crippen LogP contribution < -0.4 is 10.6 Å². The molecule has 2 amide bonds. The minimum atomic E-state index is -1.17. The van der Waals surface area contributed by atoms with Gasteiger partial charge in [-0.05, 0) is 55.5 Å². The van der Waals surface area contributed by atoms with Gasteiger partial charge in [-0.1, -0.05) is 29.8 Å². The fraction of sp³-hybridized carbons (Fsp3) is 0.0455. The number of nitrogens with one attached hydrogen (secondary N) is 2. The lowest BCUT2D eigenvalue weighted by Gasteiger charge is -2.09. The first-order chi connectivity index (χ1) is 13.4. The number of anilines is 2. The first-order valence-electron chi connectivity index (χ1n) is 8.56. The average molecular weight is 374 g/mol. The maximum Gasteiger partial charge on any atom is 0.336 e. The molecule has 3 N–H and O–H groups in total. The molecule has 0 aliphatic carbocycles. The van der Waals surface area contributed by atoms with Crippen molar-refractivity contribution in [1.82, 2.24) is 0 Å². The molecule has 0 fully saturated rings. The topological polar surface area (TPSA) is 95.5 Å². The molecular weight excluding hydrogens is 356 g/mol. The summed E-state index contributed by atoms with van der Waals surface area (Å²) < 4.78 is 0. The molecule has 0 bridgehead atoms. The quantitative estimate of drug-likeness (QED) is 0.624. The van der Waals surface area contributed by atoms with Crippen LogP contribution in [-0.4, -0.2) is 22.9 Å². The van der Waals surface area contributed by atoms with Crippen LogP contribution in [-0.2, 0) is 0 Å². The first-order valence-corrected chi connectivity index (χ1v) is 8.56. The number of aryl methyl sites for hydroxylation is 1. The highest BCUT2D eigenvalue weighted by molar-refractivity contribution is 6.10. The third kappa shape index (κ3) is 4.42. The Bertz CT molecular complexity index is 1040. The Labute approximate surface area is 161 Å². The van der Waals surface area contributed by atoms with E-state index >= 15 is 0 Å². The van der Waals surface area contributed by atoms with Crippen molar-refractivity contribution in [3.8, 4) is 0 Å². The van der Waals surface area contributed by atoms with E-state index in [-0.39, 0.29) is 17.0 Å². The molecule has 0 unspecified atom stereocenters. The molecule has 3 rings (SSSR count). The van der Waals surface area contributed by atoms with Gasteiger partial charge in [-0.15, -0.1) is 0 Å². The van der Waals surface area contributed by atoms with E-state index in [9.17, 15) is 19.5 Å². The number of benzene rings is 3. The van der Waals surface area contributed by atoms with Crippen molar-refractivity contribution in [1.29, 1.82) is 0 Å². The molecule has 0 heterocycles. The minimum absolute atomic E-state index is 0.0676. The van der Waals surface area contributed by atoms with E-state index in [0.717, 1.165) is 5.56 Å². The zero-order valence-corrected chi connectivity index (χ0v) is 15.1. The molecule has 3 aromatic carbocycles. The van der Waals surface area contributed by atoms with Gasteiger partial charge in [-0.25, -0.2) is 4.79 Å². The van der Waals surface area contributed by atoms with E-state index in [1.807, 2.05) is 19.1 Å². The smallest absolute Gasteiger partial charge is 0.336 e. The summed E-state index contributed by atoms with van der Waals surface area (Å²) in [4.78, 5) is 35.9. The van der Waals surface area contributed by atoms with Crippen LogP contribution in [0.4, 0.5) is 11.4 Å². The molecule has 0 aromatic heterocycles. The monoisotopic (exact) mass is 374 g/mol. The second kappa shape index (κ2) is 8.18. The number of carbonyl (C=O) groups excluding carboxylic acids is 2. The van der Waals surface area contributed by atoms with Gasteiger partial charge in [0.25, 0.3) is 11.8 Å². The molecule has 0 spiro atoms.